The quantitative estimate of drug-likeness (QED) is 0.563. The summed E-state index contributed by atoms with van der Waals surface area (Å²) in [6.07, 6.45) is 0.738. The molecule has 0 aliphatic heterocycles. The third-order valence-corrected chi connectivity index (χ3v) is 4.72. The van der Waals surface area contributed by atoms with Crippen molar-refractivity contribution in [2.75, 3.05) is 0 Å². The fraction of sp³-hybridized carbons (Fsp3) is 0.389. The summed E-state index contributed by atoms with van der Waals surface area (Å²) >= 11 is 1.49. The van der Waals surface area contributed by atoms with Gasteiger partial charge in [-0.25, -0.2) is 0 Å². The Labute approximate surface area is 161 Å². The molecule has 0 unspecified atom stereocenters. The van der Waals surface area contributed by atoms with Gasteiger partial charge in [0.25, 0.3) is 5.89 Å². The van der Waals surface area contributed by atoms with Crippen LogP contribution in [0.4, 0.5) is 0 Å². The first kappa shape index (κ1) is 19.1. The number of carbonyl (C=O) groups is 1. The molecule has 2 N–H and O–H groups in total. The van der Waals surface area contributed by atoms with Gasteiger partial charge in [-0.2, -0.15) is 4.98 Å². The normalized spacial score (nSPS) is 11.2. The number of hydrogen-bond acceptors (Lipinski definition) is 7. The van der Waals surface area contributed by atoms with Gasteiger partial charge in [-0.1, -0.05) is 49.0 Å². The molecule has 0 aliphatic rings. The zero-order valence-electron chi connectivity index (χ0n) is 15.3. The van der Waals surface area contributed by atoms with Crippen LogP contribution < -0.4 is 5.73 Å². The zero-order chi connectivity index (χ0) is 19.2. The summed E-state index contributed by atoms with van der Waals surface area (Å²) in [7, 11) is 0. The van der Waals surface area contributed by atoms with Crippen molar-refractivity contribution in [2.24, 2.45) is 11.7 Å². The summed E-state index contributed by atoms with van der Waals surface area (Å²) in [5.74, 6) is 2.45. The number of aryl methyl sites for hydroxylation is 1. The maximum absolute atomic E-state index is 11.1. The Morgan fingerprint density at radius 2 is 2.04 bits per heavy atom. The number of aromatic nitrogens is 5. The second kappa shape index (κ2) is 8.81. The average Bonchev–Trinajstić information content (AvgIpc) is 3.26. The molecule has 0 atom stereocenters. The van der Waals surface area contributed by atoms with E-state index in [1.165, 1.54) is 11.8 Å². The highest BCUT2D eigenvalue weighted by Crippen LogP contribution is 2.24. The lowest BCUT2D eigenvalue weighted by molar-refractivity contribution is -0.118. The van der Waals surface area contributed by atoms with E-state index in [0.717, 1.165) is 23.1 Å². The van der Waals surface area contributed by atoms with Crippen molar-refractivity contribution in [1.29, 1.82) is 0 Å². The molecule has 3 aromatic rings. The lowest BCUT2D eigenvalue weighted by atomic mass is 10.2. The predicted molar refractivity (Wildman–Crippen MR) is 102 cm³/mol. The van der Waals surface area contributed by atoms with Crippen molar-refractivity contribution in [3.05, 3.63) is 42.0 Å². The number of nitrogens with two attached hydrogens (primary N) is 1. The number of rotatable bonds is 9. The van der Waals surface area contributed by atoms with E-state index in [0.29, 0.717) is 29.8 Å². The van der Waals surface area contributed by atoms with E-state index in [4.69, 9.17) is 10.3 Å². The van der Waals surface area contributed by atoms with Crippen LogP contribution in [-0.4, -0.2) is 30.8 Å². The Morgan fingerprint density at radius 1 is 1.26 bits per heavy atom. The summed E-state index contributed by atoms with van der Waals surface area (Å²) in [6.45, 7) is 5.01. The van der Waals surface area contributed by atoms with Crippen molar-refractivity contribution in [3.8, 4) is 11.5 Å². The molecule has 3 rings (SSSR count). The second-order valence-corrected chi connectivity index (χ2v) is 7.48. The number of nitrogens with zero attached hydrogens (tertiary/aromatic N) is 5. The maximum atomic E-state index is 11.1. The number of hydrogen-bond donors (Lipinski definition) is 1. The van der Waals surface area contributed by atoms with Crippen LogP contribution in [0.15, 0.2) is 40.0 Å². The van der Waals surface area contributed by atoms with Crippen LogP contribution in [0.1, 0.15) is 31.9 Å². The van der Waals surface area contributed by atoms with Gasteiger partial charge in [0, 0.05) is 24.9 Å². The molecule has 0 radical (unpaired) electrons. The van der Waals surface area contributed by atoms with E-state index < -0.39 is 0 Å². The van der Waals surface area contributed by atoms with Crippen LogP contribution in [0.25, 0.3) is 11.5 Å². The van der Waals surface area contributed by atoms with E-state index in [1.807, 2.05) is 34.9 Å². The van der Waals surface area contributed by atoms with Gasteiger partial charge in [0.1, 0.15) is 5.82 Å². The van der Waals surface area contributed by atoms with Gasteiger partial charge in [-0.3, -0.25) is 4.79 Å². The molecule has 2 aromatic heterocycles. The molecule has 8 nitrogen and oxygen atoms in total. The molecule has 0 bridgehead atoms. The Kier molecular flexibility index (Phi) is 6.23. The molecule has 0 aliphatic carbocycles. The van der Waals surface area contributed by atoms with E-state index in [9.17, 15) is 4.79 Å². The van der Waals surface area contributed by atoms with Gasteiger partial charge in [0.2, 0.25) is 5.91 Å². The fourth-order valence-corrected chi connectivity index (χ4v) is 3.34. The molecule has 1 amide bonds. The molecule has 1 aromatic carbocycles. The third-order valence-electron chi connectivity index (χ3n) is 3.76. The van der Waals surface area contributed by atoms with Gasteiger partial charge in [-0.05, 0) is 18.1 Å². The molecule has 142 valence electrons. The molecule has 0 saturated heterocycles. The van der Waals surface area contributed by atoms with Crippen LogP contribution in [0, 0.1) is 5.92 Å². The average molecular weight is 386 g/mol. The van der Waals surface area contributed by atoms with Gasteiger partial charge < -0.3 is 14.8 Å². The Hall–Kier alpha value is -2.68. The van der Waals surface area contributed by atoms with Crippen LogP contribution in [0.2, 0.25) is 0 Å². The first-order valence-corrected chi connectivity index (χ1v) is 9.72. The number of primary amides is 1. The summed E-state index contributed by atoms with van der Waals surface area (Å²) in [5, 5.41) is 13.3. The highest BCUT2D eigenvalue weighted by atomic mass is 32.2. The summed E-state index contributed by atoms with van der Waals surface area (Å²) < 4.78 is 7.37. The Morgan fingerprint density at radius 3 is 2.74 bits per heavy atom. The number of amides is 1. The van der Waals surface area contributed by atoms with Gasteiger partial charge in [0.15, 0.2) is 11.0 Å². The lowest BCUT2D eigenvalue weighted by Gasteiger charge is -2.11. The number of thioether (sulfide) groups is 1. The summed E-state index contributed by atoms with van der Waals surface area (Å²) in [5.41, 5.74) is 6.14. The van der Waals surface area contributed by atoms with E-state index in [2.05, 4.69) is 34.2 Å². The van der Waals surface area contributed by atoms with Crippen molar-refractivity contribution >= 4 is 17.7 Å². The third kappa shape index (κ3) is 5.16. The molecule has 27 heavy (non-hydrogen) atoms. The second-order valence-electron chi connectivity index (χ2n) is 6.54. The molecule has 0 spiro atoms. The van der Waals surface area contributed by atoms with Crippen molar-refractivity contribution < 1.29 is 9.32 Å². The predicted octanol–water partition coefficient (Wildman–Crippen LogP) is 2.69. The molecular formula is C18H22N6O2S. The molecule has 9 heteroatoms. The fourth-order valence-electron chi connectivity index (χ4n) is 2.53. The highest BCUT2D eigenvalue weighted by molar-refractivity contribution is 7.98. The van der Waals surface area contributed by atoms with Crippen molar-refractivity contribution in [3.63, 3.8) is 0 Å². The number of benzene rings is 1. The monoisotopic (exact) mass is 386 g/mol. The van der Waals surface area contributed by atoms with Crippen molar-refractivity contribution in [2.45, 2.75) is 44.1 Å². The largest absolute Gasteiger partial charge is 0.370 e. The van der Waals surface area contributed by atoms with E-state index in [-0.39, 0.29) is 12.3 Å². The smallest absolute Gasteiger partial charge is 0.257 e. The Balaban J connectivity index is 1.70. The van der Waals surface area contributed by atoms with Crippen LogP contribution in [0.5, 0.6) is 0 Å². The highest BCUT2D eigenvalue weighted by Gasteiger charge is 2.16. The Bertz CT molecular complexity index is 890. The van der Waals surface area contributed by atoms with Gasteiger partial charge in [0.05, 0.1) is 5.75 Å². The van der Waals surface area contributed by atoms with Gasteiger partial charge in [-0.15, -0.1) is 10.2 Å². The minimum Gasteiger partial charge on any atom is -0.370 e. The minimum atomic E-state index is -0.344. The first-order valence-electron chi connectivity index (χ1n) is 8.74. The minimum absolute atomic E-state index is 0.256. The molecular weight excluding hydrogens is 364 g/mol. The first-order chi connectivity index (χ1) is 13.0. The van der Waals surface area contributed by atoms with Crippen LogP contribution in [-0.2, 0) is 23.5 Å². The molecule has 0 saturated carbocycles. The summed E-state index contributed by atoms with van der Waals surface area (Å²) in [4.78, 5) is 15.5. The standard InChI is InChI=1S/C18H22N6O2S/c1-12(2)10-24-16(9-8-14(19)25)21-22-18(24)27-11-15-20-17(26-23-15)13-6-4-3-5-7-13/h3-7,12H,8-11H2,1-2H3,(H2,19,25). The molecule has 2 heterocycles. The van der Waals surface area contributed by atoms with E-state index in [1.54, 1.807) is 0 Å². The number of carbonyl (C=O) groups excluding carboxylic acids is 1. The topological polar surface area (TPSA) is 113 Å². The van der Waals surface area contributed by atoms with E-state index >= 15 is 0 Å². The molecule has 0 fully saturated rings. The zero-order valence-corrected chi connectivity index (χ0v) is 16.1. The lowest BCUT2D eigenvalue weighted by Crippen LogP contribution is -2.15. The SMILES string of the molecule is CC(C)Cn1c(CCC(N)=O)nnc1SCc1noc(-c2ccccc2)n1. The van der Waals surface area contributed by atoms with Gasteiger partial charge >= 0.3 is 0 Å². The van der Waals surface area contributed by atoms with Crippen molar-refractivity contribution in [1.82, 2.24) is 24.9 Å². The summed E-state index contributed by atoms with van der Waals surface area (Å²) in [6, 6.07) is 9.64. The van der Waals surface area contributed by atoms with Crippen LogP contribution >= 0.6 is 11.8 Å². The van der Waals surface area contributed by atoms with Crippen LogP contribution in [0.3, 0.4) is 0 Å². The maximum Gasteiger partial charge on any atom is 0.257 e.